The van der Waals surface area contributed by atoms with Gasteiger partial charge >= 0.3 is 0 Å². The molecule has 0 spiro atoms. The summed E-state index contributed by atoms with van der Waals surface area (Å²) in [6.45, 7) is 4.08. The highest BCUT2D eigenvalue weighted by molar-refractivity contribution is 7.98. The molecule has 0 aliphatic carbocycles. The molecular formula is C15H23FN2O2S. The van der Waals surface area contributed by atoms with Crippen LogP contribution in [0.1, 0.15) is 20.3 Å². The van der Waals surface area contributed by atoms with E-state index in [1.165, 1.54) is 24.3 Å². The minimum Gasteiger partial charge on any atom is -0.388 e. The molecule has 4 nitrogen and oxygen atoms in total. The van der Waals surface area contributed by atoms with E-state index in [1.807, 2.05) is 13.2 Å². The zero-order valence-corrected chi connectivity index (χ0v) is 13.5. The molecule has 0 fully saturated rings. The molecule has 1 aromatic rings. The molecule has 21 heavy (non-hydrogen) atoms. The van der Waals surface area contributed by atoms with Crippen LogP contribution in [0.25, 0.3) is 0 Å². The van der Waals surface area contributed by atoms with Crippen LogP contribution in [0.4, 0.5) is 10.1 Å². The Morgan fingerprint density at radius 2 is 2.05 bits per heavy atom. The van der Waals surface area contributed by atoms with Gasteiger partial charge in [0, 0.05) is 30.4 Å². The third-order valence-electron chi connectivity index (χ3n) is 2.91. The SMILES string of the molecule is CSCC(C)(O)CNC(C)CC(=O)Nc1ccc(F)cc1. The highest BCUT2D eigenvalue weighted by atomic mass is 32.2. The molecule has 0 radical (unpaired) electrons. The van der Waals surface area contributed by atoms with Gasteiger partial charge in [-0.15, -0.1) is 0 Å². The smallest absolute Gasteiger partial charge is 0.225 e. The first-order valence-corrected chi connectivity index (χ1v) is 8.22. The highest BCUT2D eigenvalue weighted by Crippen LogP contribution is 2.11. The summed E-state index contributed by atoms with van der Waals surface area (Å²) < 4.78 is 12.8. The molecule has 0 saturated carbocycles. The third-order valence-corrected chi connectivity index (χ3v) is 3.82. The van der Waals surface area contributed by atoms with Crippen molar-refractivity contribution >= 4 is 23.4 Å². The number of hydrogen-bond donors (Lipinski definition) is 3. The van der Waals surface area contributed by atoms with Gasteiger partial charge in [0.25, 0.3) is 0 Å². The number of rotatable bonds is 8. The molecule has 0 aliphatic heterocycles. The molecule has 0 heterocycles. The average Bonchev–Trinajstić information content (AvgIpc) is 2.39. The number of halogens is 1. The van der Waals surface area contributed by atoms with Crippen molar-refractivity contribution in [2.24, 2.45) is 0 Å². The van der Waals surface area contributed by atoms with Crippen molar-refractivity contribution in [3.63, 3.8) is 0 Å². The molecule has 118 valence electrons. The topological polar surface area (TPSA) is 61.4 Å². The van der Waals surface area contributed by atoms with Gasteiger partial charge in [0.1, 0.15) is 5.82 Å². The quantitative estimate of drug-likeness (QED) is 0.689. The van der Waals surface area contributed by atoms with Gasteiger partial charge in [-0.1, -0.05) is 0 Å². The predicted molar refractivity (Wildman–Crippen MR) is 86.1 cm³/mol. The van der Waals surface area contributed by atoms with Crippen LogP contribution in [-0.2, 0) is 4.79 Å². The average molecular weight is 314 g/mol. The van der Waals surface area contributed by atoms with E-state index < -0.39 is 5.60 Å². The zero-order chi connectivity index (χ0) is 15.9. The number of aliphatic hydroxyl groups is 1. The summed E-state index contributed by atoms with van der Waals surface area (Å²) in [5, 5.41) is 15.9. The van der Waals surface area contributed by atoms with Crippen molar-refractivity contribution < 1.29 is 14.3 Å². The van der Waals surface area contributed by atoms with E-state index in [9.17, 15) is 14.3 Å². The monoisotopic (exact) mass is 314 g/mol. The molecule has 0 aromatic heterocycles. The van der Waals surface area contributed by atoms with E-state index in [4.69, 9.17) is 0 Å². The summed E-state index contributed by atoms with van der Waals surface area (Å²) in [7, 11) is 0. The fourth-order valence-electron chi connectivity index (χ4n) is 1.85. The lowest BCUT2D eigenvalue weighted by atomic mass is 10.1. The van der Waals surface area contributed by atoms with Crippen molar-refractivity contribution in [1.82, 2.24) is 5.32 Å². The summed E-state index contributed by atoms with van der Waals surface area (Å²) in [5.74, 6) is 0.152. The maximum Gasteiger partial charge on any atom is 0.225 e. The summed E-state index contributed by atoms with van der Waals surface area (Å²) in [5.41, 5.74) is -0.218. The molecule has 0 saturated heterocycles. The Morgan fingerprint density at radius 3 is 2.62 bits per heavy atom. The second kappa shape index (κ2) is 8.36. The van der Waals surface area contributed by atoms with Gasteiger partial charge in [-0.05, 0) is 44.4 Å². The van der Waals surface area contributed by atoms with Crippen LogP contribution in [0.2, 0.25) is 0 Å². The number of hydrogen-bond acceptors (Lipinski definition) is 4. The molecule has 1 amide bonds. The molecule has 2 atom stereocenters. The van der Waals surface area contributed by atoms with Crippen LogP contribution >= 0.6 is 11.8 Å². The van der Waals surface area contributed by atoms with Crippen molar-refractivity contribution in [3.05, 3.63) is 30.1 Å². The van der Waals surface area contributed by atoms with Gasteiger partial charge in [-0.25, -0.2) is 4.39 Å². The fourth-order valence-corrected chi connectivity index (χ4v) is 2.58. The Kier molecular flexibility index (Phi) is 7.14. The molecule has 1 rings (SSSR count). The number of amides is 1. The second-order valence-corrected chi connectivity index (χ2v) is 6.34. The lowest BCUT2D eigenvalue weighted by Crippen LogP contribution is -2.44. The lowest BCUT2D eigenvalue weighted by Gasteiger charge is -2.25. The molecule has 6 heteroatoms. The molecule has 3 N–H and O–H groups in total. The Bertz CT molecular complexity index is 451. The van der Waals surface area contributed by atoms with Crippen LogP contribution < -0.4 is 10.6 Å². The Morgan fingerprint density at radius 1 is 1.43 bits per heavy atom. The van der Waals surface area contributed by atoms with Crippen LogP contribution in [0, 0.1) is 5.82 Å². The van der Waals surface area contributed by atoms with Crippen LogP contribution in [0.15, 0.2) is 24.3 Å². The Hall–Kier alpha value is -1.11. The first kappa shape index (κ1) is 17.9. The minimum absolute atomic E-state index is 0.0567. The van der Waals surface area contributed by atoms with E-state index in [2.05, 4.69) is 10.6 Å². The van der Waals surface area contributed by atoms with Crippen LogP contribution in [0.5, 0.6) is 0 Å². The number of anilines is 1. The van der Waals surface area contributed by atoms with Gasteiger partial charge in [-0.3, -0.25) is 4.79 Å². The van der Waals surface area contributed by atoms with Gasteiger partial charge < -0.3 is 15.7 Å². The van der Waals surface area contributed by atoms with Gasteiger partial charge in [-0.2, -0.15) is 11.8 Å². The maximum atomic E-state index is 12.8. The van der Waals surface area contributed by atoms with Crippen LogP contribution in [0.3, 0.4) is 0 Å². The molecule has 2 unspecified atom stereocenters. The maximum absolute atomic E-state index is 12.8. The molecule has 0 bridgehead atoms. The standard InChI is InChI=1S/C15H23FN2O2S/c1-11(17-9-15(2,20)10-21-3)8-14(19)18-13-6-4-12(16)5-7-13/h4-7,11,17,20H,8-10H2,1-3H3,(H,18,19). The van der Waals surface area contributed by atoms with E-state index in [0.29, 0.717) is 18.0 Å². The lowest BCUT2D eigenvalue weighted by molar-refractivity contribution is -0.116. The molecular weight excluding hydrogens is 291 g/mol. The number of carbonyl (C=O) groups is 1. The van der Waals surface area contributed by atoms with E-state index >= 15 is 0 Å². The van der Waals surface area contributed by atoms with E-state index in [1.54, 1.807) is 18.7 Å². The Labute approximate surface area is 129 Å². The van der Waals surface area contributed by atoms with E-state index in [0.717, 1.165) is 0 Å². The Balaban J connectivity index is 2.35. The first-order valence-electron chi connectivity index (χ1n) is 6.82. The molecule has 1 aromatic carbocycles. The predicted octanol–water partition coefficient (Wildman–Crippen LogP) is 2.25. The normalized spacial score (nSPS) is 15.3. The molecule has 0 aliphatic rings. The van der Waals surface area contributed by atoms with E-state index in [-0.39, 0.29) is 24.2 Å². The van der Waals surface area contributed by atoms with Crippen molar-refractivity contribution in [1.29, 1.82) is 0 Å². The van der Waals surface area contributed by atoms with Crippen molar-refractivity contribution in [2.45, 2.75) is 31.9 Å². The van der Waals surface area contributed by atoms with Gasteiger partial charge in [0.2, 0.25) is 5.91 Å². The summed E-state index contributed by atoms with van der Waals surface area (Å²) in [6, 6.07) is 5.59. The second-order valence-electron chi connectivity index (χ2n) is 5.47. The number of thioether (sulfide) groups is 1. The highest BCUT2D eigenvalue weighted by Gasteiger charge is 2.20. The van der Waals surface area contributed by atoms with Gasteiger partial charge in [0.15, 0.2) is 0 Å². The summed E-state index contributed by atoms with van der Waals surface area (Å²) >= 11 is 1.58. The summed E-state index contributed by atoms with van der Waals surface area (Å²) in [4.78, 5) is 11.8. The fraction of sp³-hybridized carbons (Fsp3) is 0.533. The zero-order valence-electron chi connectivity index (χ0n) is 12.6. The van der Waals surface area contributed by atoms with Crippen LogP contribution in [-0.4, -0.2) is 41.2 Å². The largest absolute Gasteiger partial charge is 0.388 e. The van der Waals surface area contributed by atoms with Crippen molar-refractivity contribution in [3.8, 4) is 0 Å². The number of carbonyl (C=O) groups excluding carboxylic acids is 1. The minimum atomic E-state index is -0.791. The first-order chi connectivity index (χ1) is 9.82. The third kappa shape index (κ3) is 7.45. The number of nitrogens with one attached hydrogen (secondary N) is 2. The summed E-state index contributed by atoms with van der Waals surface area (Å²) in [6.07, 6.45) is 2.22. The van der Waals surface area contributed by atoms with Crippen molar-refractivity contribution in [2.75, 3.05) is 23.9 Å². The number of benzene rings is 1. The van der Waals surface area contributed by atoms with Gasteiger partial charge in [0.05, 0.1) is 5.60 Å².